The summed E-state index contributed by atoms with van der Waals surface area (Å²) in [7, 11) is 0. The first-order valence-corrected chi connectivity index (χ1v) is 4.13. The highest BCUT2D eigenvalue weighted by molar-refractivity contribution is 4.71. The lowest BCUT2D eigenvalue weighted by Gasteiger charge is -2.24. The van der Waals surface area contributed by atoms with Gasteiger partial charge in [0.2, 0.25) is 0 Å². The van der Waals surface area contributed by atoms with Crippen molar-refractivity contribution in [2.24, 2.45) is 5.92 Å². The summed E-state index contributed by atoms with van der Waals surface area (Å²) < 4.78 is 0. The van der Waals surface area contributed by atoms with Crippen LogP contribution in [0.5, 0.6) is 0 Å². The van der Waals surface area contributed by atoms with Crippen molar-refractivity contribution in [1.82, 2.24) is 0 Å². The van der Waals surface area contributed by atoms with E-state index in [1.165, 1.54) is 19.3 Å². The van der Waals surface area contributed by atoms with Gasteiger partial charge in [0.1, 0.15) is 0 Å². The molecule has 2 heteroatoms. The zero-order chi connectivity index (χ0) is 7.40. The maximum Gasteiger partial charge on any atom is 0.0799 e. The Morgan fingerprint density at radius 3 is 2.30 bits per heavy atom. The van der Waals surface area contributed by atoms with Gasteiger partial charge in [-0.25, -0.2) is 0 Å². The zero-order valence-corrected chi connectivity index (χ0v) is 6.29. The summed E-state index contributed by atoms with van der Waals surface area (Å²) in [6, 6.07) is 0. The van der Waals surface area contributed by atoms with E-state index in [9.17, 15) is 5.11 Å². The normalized spacial score (nSPS) is 24.6. The molecule has 2 nitrogen and oxygen atoms in total. The first kappa shape index (κ1) is 8.02. The van der Waals surface area contributed by atoms with Gasteiger partial charge >= 0.3 is 0 Å². The second kappa shape index (κ2) is 3.94. The molecule has 0 heterocycles. The molecular weight excluding hydrogens is 128 g/mol. The van der Waals surface area contributed by atoms with Gasteiger partial charge in [0.15, 0.2) is 0 Å². The molecule has 1 aliphatic rings. The van der Waals surface area contributed by atoms with Crippen molar-refractivity contribution in [3.05, 3.63) is 0 Å². The van der Waals surface area contributed by atoms with Gasteiger partial charge < -0.3 is 10.2 Å². The second-order valence-corrected chi connectivity index (χ2v) is 3.15. The molecule has 60 valence electrons. The van der Waals surface area contributed by atoms with E-state index in [4.69, 9.17) is 5.11 Å². The lowest BCUT2D eigenvalue weighted by Crippen LogP contribution is -2.25. The molecule has 1 rings (SSSR count). The molecule has 0 aliphatic heterocycles. The molecule has 1 atom stereocenters. The molecular formula is C8H16O2. The molecule has 0 saturated heterocycles. The standard InChI is InChI=1S/C8H16O2/c9-6-8(10)7-4-2-1-3-5-7/h7-10H,1-6H2/t8-/m0/s1. The largest absolute Gasteiger partial charge is 0.394 e. The maximum absolute atomic E-state index is 9.23. The van der Waals surface area contributed by atoms with Crippen LogP contribution >= 0.6 is 0 Å². The van der Waals surface area contributed by atoms with E-state index in [2.05, 4.69) is 0 Å². The predicted molar refractivity (Wildman–Crippen MR) is 39.7 cm³/mol. The maximum atomic E-state index is 9.23. The van der Waals surface area contributed by atoms with Gasteiger partial charge in [-0.05, 0) is 18.8 Å². The van der Waals surface area contributed by atoms with Crippen molar-refractivity contribution in [3.63, 3.8) is 0 Å². The van der Waals surface area contributed by atoms with Crippen LogP contribution < -0.4 is 0 Å². The summed E-state index contributed by atoms with van der Waals surface area (Å²) in [4.78, 5) is 0. The van der Waals surface area contributed by atoms with E-state index in [0.29, 0.717) is 5.92 Å². The SMILES string of the molecule is OC[C@H](O)C1CCCCC1. The van der Waals surface area contributed by atoms with E-state index < -0.39 is 6.10 Å². The Bertz CT molecular complexity index is 87.3. The fourth-order valence-corrected chi connectivity index (χ4v) is 1.67. The third kappa shape index (κ3) is 1.96. The highest BCUT2D eigenvalue weighted by Gasteiger charge is 2.20. The zero-order valence-electron chi connectivity index (χ0n) is 6.29. The summed E-state index contributed by atoms with van der Waals surface area (Å²) in [6.45, 7) is -0.0648. The Kier molecular flexibility index (Phi) is 3.16. The van der Waals surface area contributed by atoms with Crippen LogP contribution in [0.1, 0.15) is 32.1 Å². The molecule has 1 fully saturated rings. The molecule has 0 unspecified atom stereocenters. The third-order valence-electron chi connectivity index (χ3n) is 2.38. The van der Waals surface area contributed by atoms with Crippen LogP contribution in [0.25, 0.3) is 0 Å². The van der Waals surface area contributed by atoms with Crippen molar-refractivity contribution < 1.29 is 10.2 Å². The monoisotopic (exact) mass is 144 g/mol. The molecule has 0 aromatic heterocycles. The van der Waals surface area contributed by atoms with Crippen LogP contribution in [0.4, 0.5) is 0 Å². The van der Waals surface area contributed by atoms with E-state index >= 15 is 0 Å². The van der Waals surface area contributed by atoms with Crippen LogP contribution in [-0.2, 0) is 0 Å². The van der Waals surface area contributed by atoms with Gasteiger partial charge in [-0.2, -0.15) is 0 Å². The minimum atomic E-state index is -0.458. The highest BCUT2D eigenvalue weighted by atomic mass is 16.3. The number of hydrogen-bond acceptors (Lipinski definition) is 2. The fourth-order valence-electron chi connectivity index (χ4n) is 1.67. The van der Waals surface area contributed by atoms with Crippen molar-refractivity contribution in [1.29, 1.82) is 0 Å². The molecule has 2 N–H and O–H groups in total. The number of aliphatic hydroxyl groups is 2. The Morgan fingerprint density at radius 2 is 1.80 bits per heavy atom. The van der Waals surface area contributed by atoms with E-state index in [-0.39, 0.29) is 6.61 Å². The van der Waals surface area contributed by atoms with Gasteiger partial charge in [-0.15, -0.1) is 0 Å². The van der Waals surface area contributed by atoms with E-state index in [1.54, 1.807) is 0 Å². The van der Waals surface area contributed by atoms with Crippen LogP contribution in [0.3, 0.4) is 0 Å². The average Bonchev–Trinajstić information content (AvgIpc) is 2.05. The third-order valence-corrected chi connectivity index (χ3v) is 2.38. The molecule has 0 bridgehead atoms. The van der Waals surface area contributed by atoms with Crippen molar-refractivity contribution in [3.8, 4) is 0 Å². The molecule has 0 radical (unpaired) electrons. The van der Waals surface area contributed by atoms with Crippen LogP contribution in [0.2, 0.25) is 0 Å². The Balaban J connectivity index is 2.24. The summed E-state index contributed by atoms with van der Waals surface area (Å²) in [5.74, 6) is 0.374. The Labute approximate surface area is 61.9 Å². The molecule has 0 aromatic rings. The molecule has 1 aliphatic carbocycles. The number of hydrogen-bond donors (Lipinski definition) is 2. The summed E-state index contributed by atoms with van der Waals surface area (Å²) in [6.07, 6.45) is 5.49. The lowest BCUT2D eigenvalue weighted by atomic mass is 9.85. The molecule has 0 spiro atoms. The Hall–Kier alpha value is -0.0800. The number of rotatable bonds is 2. The van der Waals surface area contributed by atoms with Crippen molar-refractivity contribution in [2.75, 3.05) is 6.61 Å². The van der Waals surface area contributed by atoms with Crippen molar-refractivity contribution in [2.45, 2.75) is 38.2 Å². The second-order valence-electron chi connectivity index (χ2n) is 3.15. The number of aliphatic hydroxyl groups excluding tert-OH is 2. The summed E-state index contributed by atoms with van der Waals surface area (Å²) >= 11 is 0. The Morgan fingerprint density at radius 1 is 1.20 bits per heavy atom. The van der Waals surface area contributed by atoms with Gasteiger partial charge in [0.25, 0.3) is 0 Å². The topological polar surface area (TPSA) is 40.5 Å². The van der Waals surface area contributed by atoms with Gasteiger partial charge in [0, 0.05) is 0 Å². The first-order chi connectivity index (χ1) is 4.84. The van der Waals surface area contributed by atoms with Crippen LogP contribution in [0.15, 0.2) is 0 Å². The average molecular weight is 144 g/mol. The van der Waals surface area contributed by atoms with Crippen molar-refractivity contribution >= 4 is 0 Å². The van der Waals surface area contributed by atoms with Gasteiger partial charge in [-0.3, -0.25) is 0 Å². The van der Waals surface area contributed by atoms with Gasteiger partial charge in [0.05, 0.1) is 12.7 Å². The smallest absolute Gasteiger partial charge is 0.0799 e. The highest BCUT2D eigenvalue weighted by Crippen LogP contribution is 2.25. The van der Waals surface area contributed by atoms with E-state index in [0.717, 1.165) is 12.8 Å². The first-order valence-electron chi connectivity index (χ1n) is 4.13. The lowest BCUT2D eigenvalue weighted by molar-refractivity contribution is 0.0325. The quantitative estimate of drug-likeness (QED) is 0.605. The predicted octanol–water partition coefficient (Wildman–Crippen LogP) is 0.920. The summed E-state index contributed by atoms with van der Waals surface area (Å²) in [5.41, 5.74) is 0. The summed E-state index contributed by atoms with van der Waals surface area (Å²) in [5, 5.41) is 17.9. The minimum absolute atomic E-state index is 0.0648. The molecule has 0 aromatic carbocycles. The van der Waals surface area contributed by atoms with Gasteiger partial charge in [-0.1, -0.05) is 19.3 Å². The minimum Gasteiger partial charge on any atom is -0.394 e. The molecule has 10 heavy (non-hydrogen) atoms. The van der Waals surface area contributed by atoms with Crippen LogP contribution in [0, 0.1) is 5.92 Å². The molecule has 0 amide bonds. The van der Waals surface area contributed by atoms with Crippen LogP contribution in [-0.4, -0.2) is 22.9 Å². The van der Waals surface area contributed by atoms with E-state index in [1.807, 2.05) is 0 Å². The fraction of sp³-hybridized carbons (Fsp3) is 1.00. The molecule has 1 saturated carbocycles.